The molecule has 0 spiro atoms. The first-order valence-corrected chi connectivity index (χ1v) is 10.5. The number of methoxy groups -OCH3 is 2. The summed E-state index contributed by atoms with van der Waals surface area (Å²) in [5.41, 5.74) is -0.278. The third kappa shape index (κ3) is 5.09. The van der Waals surface area contributed by atoms with Crippen molar-refractivity contribution in [3.05, 3.63) is 64.7 Å². The topological polar surface area (TPSA) is 114 Å². The summed E-state index contributed by atoms with van der Waals surface area (Å²) < 4.78 is 9.84. The largest absolute Gasteiger partial charge is 0.497 e. The van der Waals surface area contributed by atoms with Crippen LogP contribution in [-0.4, -0.2) is 49.5 Å². The normalized spacial score (nSPS) is 18.5. The maximum atomic E-state index is 13.1. The number of halogens is 1. The smallest absolute Gasteiger partial charge is 0.325 e. The van der Waals surface area contributed by atoms with Gasteiger partial charge in [0.15, 0.2) is 0 Å². The zero-order valence-electron chi connectivity index (χ0n) is 18.4. The molecular weight excluding hydrogens is 450 g/mol. The van der Waals surface area contributed by atoms with Gasteiger partial charge < -0.3 is 20.1 Å². The van der Waals surface area contributed by atoms with Gasteiger partial charge in [0.2, 0.25) is 5.91 Å². The molecule has 3 rings (SSSR count). The maximum Gasteiger partial charge on any atom is 0.325 e. The highest BCUT2D eigenvalue weighted by molar-refractivity contribution is 6.31. The first-order valence-electron chi connectivity index (χ1n) is 10.1. The molecule has 33 heavy (non-hydrogen) atoms. The second-order valence-corrected chi connectivity index (χ2v) is 8.00. The van der Waals surface area contributed by atoms with Crippen LogP contribution in [0.1, 0.15) is 30.5 Å². The monoisotopic (exact) mass is 473 g/mol. The van der Waals surface area contributed by atoms with Crippen LogP contribution in [0.3, 0.4) is 0 Å². The molecule has 2 unspecified atom stereocenters. The Morgan fingerprint density at radius 2 is 1.79 bits per heavy atom. The van der Waals surface area contributed by atoms with Crippen LogP contribution in [-0.2, 0) is 24.7 Å². The van der Waals surface area contributed by atoms with Gasteiger partial charge in [0, 0.05) is 5.02 Å². The zero-order chi connectivity index (χ0) is 24.2. The molecule has 1 aliphatic rings. The maximum absolute atomic E-state index is 13.1. The van der Waals surface area contributed by atoms with E-state index < -0.39 is 41.9 Å². The number of carbonyl (C=O) groups is 4. The van der Waals surface area contributed by atoms with Crippen LogP contribution in [0, 0.1) is 0 Å². The SMILES string of the molecule is COC(=O)CC(NC(=O)CN1C(=O)NC(C)(c2ccc(OC)cc2)C1=O)c1ccccc1Cl. The van der Waals surface area contributed by atoms with Gasteiger partial charge in [-0.3, -0.25) is 19.3 Å². The number of imide groups is 1. The third-order valence-corrected chi connectivity index (χ3v) is 5.80. The average molecular weight is 474 g/mol. The number of hydrogen-bond donors (Lipinski definition) is 2. The summed E-state index contributed by atoms with van der Waals surface area (Å²) >= 11 is 6.23. The summed E-state index contributed by atoms with van der Waals surface area (Å²) in [6, 6.07) is 11.9. The second kappa shape index (κ2) is 9.91. The number of rotatable bonds is 8. The van der Waals surface area contributed by atoms with E-state index in [2.05, 4.69) is 10.6 Å². The number of amides is 4. The van der Waals surface area contributed by atoms with Crippen LogP contribution >= 0.6 is 11.6 Å². The minimum Gasteiger partial charge on any atom is -0.497 e. The summed E-state index contributed by atoms with van der Waals surface area (Å²) in [6.07, 6.45) is -0.171. The fourth-order valence-corrected chi connectivity index (χ4v) is 3.86. The fraction of sp³-hybridized carbons (Fsp3) is 0.304. The Hall–Kier alpha value is -3.59. The lowest BCUT2D eigenvalue weighted by Gasteiger charge is -2.23. The van der Waals surface area contributed by atoms with E-state index in [1.165, 1.54) is 14.2 Å². The molecule has 0 aromatic heterocycles. The van der Waals surface area contributed by atoms with Crippen molar-refractivity contribution < 1.29 is 28.7 Å². The predicted molar refractivity (Wildman–Crippen MR) is 120 cm³/mol. The molecular formula is C23H24ClN3O6. The van der Waals surface area contributed by atoms with Gasteiger partial charge in [-0.2, -0.15) is 0 Å². The van der Waals surface area contributed by atoms with Crippen molar-refractivity contribution in [1.29, 1.82) is 0 Å². The van der Waals surface area contributed by atoms with Crippen molar-refractivity contribution in [1.82, 2.24) is 15.5 Å². The van der Waals surface area contributed by atoms with Crippen LogP contribution in [0.2, 0.25) is 5.02 Å². The number of urea groups is 1. The van der Waals surface area contributed by atoms with Crippen LogP contribution in [0.4, 0.5) is 4.79 Å². The first kappa shape index (κ1) is 24.1. The van der Waals surface area contributed by atoms with Crippen molar-refractivity contribution in [3.63, 3.8) is 0 Å². The summed E-state index contributed by atoms with van der Waals surface area (Å²) in [7, 11) is 2.76. The van der Waals surface area contributed by atoms with Crippen LogP contribution < -0.4 is 15.4 Å². The molecule has 174 valence electrons. The number of esters is 1. The molecule has 2 atom stereocenters. The highest BCUT2D eigenvalue weighted by Gasteiger charge is 2.49. The van der Waals surface area contributed by atoms with Gasteiger partial charge in [-0.1, -0.05) is 41.9 Å². The average Bonchev–Trinajstić information content (AvgIpc) is 3.02. The molecule has 10 heteroatoms. The van der Waals surface area contributed by atoms with Gasteiger partial charge in [0.25, 0.3) is 5.91 Å². The minimum absolute atomic E-state index is 0.171. The van der Waals surface area contributed by atoms with Gasteiger partial charge in [-0.25, -0.2) is 4.79 Å². The molecule has 4 amide bonds. The van der Waals surface area contributed by atoms with E-state index in [1.807, 2.05) is 0 Å². The van der Waals surface area contributed by atoms with Gasteiger partial charge in [0.1, 0.15) is 17.8 Å². The lowest BCUT2D eigenvalue weighted by molar-refractivity contribution is -0.141. The molecule has 1 heterocycles. The Morgan fingerprint density at radius 1 is 1.12 bits per heavy atom. The lowest BCUT2D eigenvalue weighted by atomic mass is 9.92. The number of ether oxygens (including phenoxy) is 2. The van der Waals surface area contributed by atoms with Gasteiger partial charge in [-0.05, 0) is 36.2 Å². The van der Waals surface area contributed by atoms with Gasteiger partial charge >= 0.3 is 12.0 Å². The van der Waals surface area contributed by atoms with Crippen molar-refractivity contribution in [2.75, 3.05) is 20.8 Å². The quantitative estimate of drug-likeness (QED) is 0.450. The van der Waals surface area contributed by atoms with E-state index >= 15 is 0 Å². The molecule has 2 aromatic rings. The van der Waals surface area contributed by atoms with E-state index in [1.54, 1.807) is 55.5 Å². The molecule has 2 aromatic carbocycles. The zero-order valence-corrected chi connectivity index (χ0v) is 19.1. The second-order valence-electron chi connectivity index (χ2n) is 7.60. The minimum atomic E-state index is -1.34. The Morgan fingerprint density at radius 3 is 2.39 bits per heavy atom. The number of hydrogen-bond acceptors (Lipinski definition) is 6. The van der Waals surface area contributed by atoms with Crippen LogP contribution in [0.15, 0.2) is 48.5 Å². The highest BCUT2D eigenvalue weighted by atomic mass is 35.5. The van der Waals surface area contributed by atoms with Gasteiger partial charge in [-0.15, -0.1) is 0 Å². The lowest BCUT2D eigenvalue weighted by Crippen LogP contribution is -2.44. The third-order valence-electron chi connectivity index (χ3n) is 5.46. The summed E-state index contributed by atoms with van der Waals surface area (Å²) in [5.74, 6) is -1.16. The molecule has 9 nitrogen and oxygen atoms in total. The summed E-state index contributed by atoms with van der Waals surface area (Å²) in [5, 5.41) is 5.68. The summed E-state index contributed by atoms with van der Waals surface area (Å²) in [4.78, 5) is 51.2. The van der Waals surface area contributed by atoms with E-state index in [9.17, 15) is 19.2 Å². The molecule has 1 fully saturated rings. The van der Waals surface area contributed by atoms with E-state index in [0.717, 1.165) is 4.90 Å². The molecule has 1 saturated heterocycles. The molecule has 1 aliphatic heterocycles. The Labute approximate surface area is 196 Å². The Kier molecular flexibility index (Phi) is 7.23. The van der Waals surface area contributed by atoms with E-state index in [0.29, 0.717) is 21.9 Å². The fourth-order valence-electron chi connectivity index (χ4n) is 3.59. The summed E-state index contributed by atoms with van der Waals surface area (Å²) in [6.45, 7) is 1.04. The highest BCUT2D eigenvalue weighted by Crippen LogP contribution is 2.30. The van der Waals surface area contributed by atoms with E-state index in [4.69, 9.17) is 21.1 Å². The van der Waals surface area contributed by atoms with Crippen molar-refractivity contribution in [2.24, 2.45) is 0 Å². The van der Waals surface area contributed by atoms with Crippen molar-refractivity contribution >= 4 is 35.4 Å². The molecule has 0 bridgehead atoms. The molecule has 2 N–H and O–H groups in total. The Bertz CT molecular complexity index is 1070. The Balaban J connectivity index is 1.76. The number of nitrogens with one attached hydrogen (secondary N) is 2. The molecule has 0 radical (unpaired) electrons. The molecule has 0 saturated carbocycles. The number of carbonyl (C=O) groups excluding carboxylic acids is 4. The van der Waals surface area contributed by atoms with Crippen LogP contribution in [0.5, 0.6) is 5.75 Å². The standard InChI is InChI=1S/C23H24ClN3O6/c1-23(14-8-10-15(32-2)11-9-14)21(30)27(22(31)26-23)13-19(28)25-18(12-20(29)33-3)16-6-4-5-7-17(16)24/h4-11,18H,12-13H2,1-3H3,(H,25,28)(H,26,31). The predicted octanol–water partition coefficient (Wildman–Crippen LogP) is 2.54. The molecule has 0 aliphatic carbocycles. The van der Waals surface area contributed by atoms with E-state index in [-0.39, 0.29) is 6.42 Å². The van der Waals surface area contributed by atoms with Crippen LogP contribution in [0.25, 0.3) is 0 Å². The first-order chi connectivity index (χ1) is 15.7. The van der Waals surface area contributed by atoms with Gasteiger partial charge in [0.05, 0.1) is 26.7 Å². The van der Waals surface area contributed by atoms with Crippen molar-refractivity contribution in [2.45, 2.75) is 24.9 Å². The number of nitrogens with zero attached hydrogens (tertiary/aromatic N) is 1. The number of benzene rings is 2. The van der Waals surface area contributed by atoms with Crippen molar-refractivity contribution in [3.8, 4) is 5.75 Å².